The third-order valence-electron chi connectivity index (χ3n) is 11.2. The van der Waals surface area contributed by atoms with Crippen molar-refractivity contribution in [3.63, 3.8) is 0 Å². The number of amides is 1. The van der Waals surface area contributed by atoms with Crippen molar-refractivity contribution < 1.29 is 28.5 Å². The Bertz CT molecular complexity index is 2520. The largest absolute Gasteiger partial charge is 0.493 e. The van der Waals surface area contributed by atoms with Crippen molar-refractivity contribution in [2.45, 2.75) is 38.2 Å². The lowest BCUT2D eigenvalue weighted by Gasteiger charge is -2.38. The summed E-state index contributed by atoms with van der Waals surface area (Å²) in [6.45, 7) is 12.0. The molecule has 0 saturated carbocycles. The molecule has 6 aromatic carbocycles. The Hall–Kier alpha value is -6.31. The first-order valence-corrected chi connectivity index (χ1v) is 19.8. The molecule has 2 aliphatic rings. The molecule has 294 valence electrons. The molecule has 1 aliphatic heterocycles. The minimum absolute atomic E-state index is 0.0890. The van der Waals surface area contributed by atoms with Gasteiger partial charge in [-0.05, 0) is 82.1 Å². The molecule has 1 N–H and O–H groups in total. The van der Waals surface area contributed by atoms with Gasteiger partial charge in [0.2, 0.25) is 5.91 Å². The van der Waals surface area contributed by atoms with E-state index < -0.39 is 5.60 Å². The molecular weight excluding hydrogens is 723 g/mol. The van der Waals surface area contributed by atoms with Crippen LogP contribution in [-0.2, 0) is 20.5 Å². The molecule has 1 atom stereocenters. The van der Waals surface area contributed by atoms with Gasteiger partial charge >= 0.3 is 0 Å². The SMILES string of the molecule is C=C(C)COCCNC(=O)CCOc1ccc(C2(c3ccccc3)C=Cc3c4c(c5cc(OC)c(OC)cc5c3O2)-c2ccc(-c3ccccc3)cc2C4(C)C)cc1. The van der Waals surface area contributed by atoms with Gasteiger partial charge in [-0.25, -0.2) is 0 Å². The average molecular weight is 772 g/mol. The van der Waals surface area contributed by atoms with E-state index in [0.29, 0.717) is 37.0 Å². The summed E-state index contributed by atoms with van der Waals surface area (Å²) in [6, 6.07) is 39.8. The van der Waals surface area contributed by atoms with E-state index in [0.717, 1.165) is 38.8 Å². The number of hydrogen-bond donors (Lipinski definition) is 1. The van der Waals surface area contributed by atoms with Gasteiger partial charge in [-0.3, -0.25) is 4.79 Å². The van der Waals surface area contributed by atoms with Crippen LogP contribution in [0, 0.1) is 0 Å². The zero-order valence-corrected chi connectivity index (χ0v) is 33.8. The van der Waals surface area contributed by atoms with E-state index in [4.69, 9.17) is 23.7 Å². The van der Waals surface area contributed by atoms with Crippen molar-refractivity contribution in [2.75, 3.05) is 40.6 Å². The van der Waals surface area contributed by atoms with Crippen molar-refractivity contribution in [3.8, 4) is 45.3 Å². The summed E-state index contributed by atoms with van der Waals surface area (Å²) in [5, 5.41) is 4.85. The monoisotopic (exact) mass is 771 g/mol. The van der Waals surface area contributed by atoms with Crippen molar-refractivity contribution in [1.82, 2.24) is 5.32 Å². The number of nitrogens with one attached hydrogen (secondary N) is 1. The first-order chi connectivity index (χ1) is 28.1. The molecule has 1 aliphatic carbocycles. The number of rotatable bonds is 14. The van der Waals surface area contributed by atoms with Crippen LogP contribution in [0.1, 0.15) is 55.0 Å². The van der Waals surface area contributed by atoms with E-state index in [1.54, 1.807) is 14.2 Å². The summed E-state index contributed by atoms with van der Waals surface area (Å²) in [7, 11) is 3.34. The van der Waals surface area contributed by atoms with Crippen molar-refractivity contribution in [2.24, 2.45) is 0 Å². The summed E-state index contributed by atoms with van der Waals surface area (Å²) in [6.07, 6.45) is 4.67. The second-order valence-electron chi connectivity index (χ2n) is 15.5. The van der Waals surface area contributed by atoms with Gasteiger partial charge < -0.3 is 29.0 Å². The van der Waals surface area contributed by atoms with E-state index in [9.17, 15) is 4.79 Å². The van der Waals surface area contributed by atoms with Gasteiger partial charge in [0.15, 0.2) is 17.1 Å². The molecule has 8 rings (SSSR count). The average Bonchev–Trinajstić information content (AvgIpc) is 3.49. The second kappa shape index (κ2) is 15.9. The van der Waals surface area contributed by atoms with E-state index in [-0.39, 0.29) is 24.3 Å². The molecule has 0 fully saturated rings. The number of methoxy groups -OCH3 is 2. The zero-order valence-electron chi connectivity index (χ0n) is 33.8. The molecule has 7 heteroatoms. The molecule has 1 heterocycles. The van der Waals surface area contributed by atoms with Crippen LogP contribution in [0.3, 0.4) is 0 Å². The maximum Gasteiger partial charge on any atom is 0.223 e. The van der Waals surface area contributed by atoms with Crippen LogP contribution in [0.4, 0.5) is 0 Å². The molecule has 0 spiro atoms. The highest BCUT2D eigenvalue weighted by Gasteiger charge is 2.44. The third kappa shape index (κ3) is 7.00. The minimum atomic E-state index is -0.969. The zero-order chi connectivity index (χ0) is 40.4. The molecular formula is C51H49NO6. The van der Waals surface area contributed by atoms with Crippen molar-refractivity contribution >= 4 is 22.8 Å². The fourth-order valence-corrected chi connectivity index (χ4v) is 8.44. The van der Waals surface area contributed by atoms with Crippen LogP contribution < -0.4 is 24.3 Å². The van der Waals surface area contributed by atoms with Crippen molar-refractivity contribution in [1.29, 1.82) is 0 Å². The fourth-order valence-electron chi connectivity index (χ4n) is 8.44. The van der Waals surface area contributed by atoms with Gasteiger partial charge in [0.05, 0.1) is 40.5 Å². The third-order valence-corrected chi connectivity index (χ3v) is 11.2. The lowest BCUT2D eigenvalue weighted by atomic mass is 9.76. The minimum Gasteiger partial charge on any atom is -0.493 e. The number of carbonyl (C=O) groups is 1. The van der Waals surface area contributed by atoms with Crippen LogP contribution in [-0.4, -0.2) is 46.5 Å². The topological polar surface area (TPSA) is 75.3 Å². The maximum absolute atomic E-state index is 12.4. The lowest BCUT2D eigenvalue weighted by Crippen LogP contribution is -2.35. The number of ether oxygens (including phenoxy) is 5. The number of carbonyl (C=O) groups excluding carboxylic acids is 1. The Balaban J connectivity index is 1.18. The van der Waals surface area contributed by atoms with Crippen LogP contribution in [0.15, 0.2) is 133 Å². The summed E-state index contributed by atoms with van der Waals surface area (Å²) >= 11 is 0. The molecule has 7 nitrogen and oxygen atoms in total. The highest BCUT2D eigenvalue weighted by Crippen LogP contribution is 2.59. The lowest BCUT2D eigenvalue weighted by molar-refractivity contribution is -0.121. The Morgan fingerprint density at radius 2 is 1.45 bits per heavy atom. The van der Waals surface area contributed by atoms with Gasteiger partial charge in [0.1, 0.15) is 11.5 Å². The van der Waals surface area contributed by atoms with Gasteiger partial charge in [-0.2, -0.15) is 0 Å². The Labute approximate surface area is 340 Å². The van der Waals surface area contributed by atoms with Crippen LogP contribution >= 0.6 is 0 Å². The molecule has 0 radical (unpaired) electrons. The van der Waals surface area contributed by atoms with Gasteiger partial charge in [0.25, 0.3) is 0 Å². The Morgan fingerprint density at radius 3 is 2.14 bits per heavy atom. The summed E-state index contributed by atoms with van der Waals surface area (Å²) in [5.41, 5.74) is 9.83. The summed E-state index contributed by atoms with van der Waals surface area (Å²) in [5.74, 6) is 2.64. The van der Waals surface area contributed by atoms with Gasteiger partial charge in [-0.1, -0.05) is 117 Å². The van der Waals surface area contributed by atoms with E-state index in [2.05, 4.69) is 105 Å². The quantitative estimate of drug-likeness (QED) is 0.0878. The predicted molar refractivity (Wildman–Crippen MR) is 232 cm³/mol. The predicted octanol–water partition coefficient (Wildman–Crippen LogP) is 10.7. The molecule has 1 amide bonds. The van der Waals surface area contributed by atoms with Crippen LogP contribution in [0.25, 0.3) is 39.1 Å². The highest BCUT2D eigenvalue weighted by atomic mass is 16.5. The molecule has 0 aromatic heterocycles. The smallest absolute Gasteiger partial charge is 0.223 e. The standard InChI is InChI=1S/C51H49NO6/c1-33(2)32-56-28-26-52-46(53)24-27-57-38-20-18-37(19-21-38)51(36-15-11-8-12-16-36)25-23-40-48-47(41-30-44(54-5)45(55-6)31-42(41)49(40)58-51)39-22-17-35(29-43(39)50(48,3)4)34-13-9-7-10-14-34/h7-23,25,29-31H,1,24,26-28,32H2,2-6H3,(H,52,53). The molecule has 6 aromatic rings. The first-order valence-electron chi connectivity index (χ1n) is 19.8. The van der Waals surface area contributed by atoms with Crippen LogP contribution in [0.2, 0.25) is 0 Å². The highest BCUT2D eigenvalue weighted by molar-refractivity contribution is 6.10. The molecule has 0 bridgehead atoms. The van der Waals surface area contributed by atoms with Crippen molar-refractivity contribution in [3.05, 3.63) is 161 Å². The van der Waals surface area contributed by atoms with E-state index in [1.165, 1.54) is 33.4 Å². The van der Waals surface area contributed by atoms with E-state index in [1.807, 2.05) is 55.5 Å². The second-order valence-corrected chi connectivity index (χ2v) is 15.5. The summed E-state index contributed by atoms with van der Waals surface area (Å²) in [4.78, 5) is 12.4. The Kier molecular flexibility index (Phi) is 10.6. The van der Waals surface area contributed by atoms with Gasteiger partial charge in [0, 0.05) is 34.0 Å². The molecule has 0 saturated heterocycles. The van der Waals surface area contributed by atoms with E-state index >= 15 is 0 Å². The fraction of sp³-hybridized carbons (Fsp3) is 0.235. The summed E-state index contributed by atoms with van der Waals surface area (Å²) < 4.78 is 30.8. The maximum atomic E-state index is 12.4. The molecule has 1 unspecified atom stereocenters. The number of fused-ring (bicyclic) bond motifs is 8. The van der Waals surface area contributed by atoms with Gasteiger partial charge in [-0.15, -0.1) is 0 Å². The normalized spacial score (nSPS) is 15.8. The first kappa shape index (κ1) is 38.6. The van der Waals surface area contributed by atoms with Crippen LogP contribution in [0.5, 0.6) is 23.0 Å². The number of benzene rings is 6. The molecule has 58 heavy (non-hydrogen) atoms. The Morgan fingerprint density at radius 1 is 0.776 bits per heavy atom. The number of hydrogen-bond acceptors (Lipinski definition) is 6.